The van der Waals surface area contributed by atoms with Gasteiger partial charge in [0.1, 0.15) is 0 Å². The van der Waals surface area contributed by atoms with Gasteiger partial charge in [-0.2, -0.15) is 5.10 Å². The van der Waals surface area contributed by atoms with E-state index in [1.54, 1.807) is 11.1 Å². The van der Waals surface area contributed by atoms with E-state index >= 15 is 0 Å². The highest BCUT2D eigenvalue weighted by atomic mass is 35.5. The summed E-state index contributed by atoms with van der Waals surface area (Å²) < 4.78 is 0. The number of rotatable bonds is 2. The van der Waals surface area contributed by atoms with Crippen molar-refractivity contribution in [3.05, 3.63) is 39.9 Å². The molecule has 1 unspecified atom stereocenters. The fraction of sp³-hybridized carbons (Fsp3) is 0.385. The van der Waals surface area contributed by atoms with E-state index in [0.717, 1.165) is 18.5 Å². The van der Waals surface area contributed by atoms with Crippen LogP contribution in [0.25, 0.3) is 0 Å². The average Bonchev–Trinajstić information content (AvgIpc) is 3.03. The van der Waals surface area contributed by atoms with E-state index in [2.05, 4.69) is 20.4 Å². The zero-order chi connectivity index (χ0) is 14.8. The van der Waals surface area contributed by atoms with Crippen molar-refractivity contribution in [1.82, 2.24) is 25.3 Å². The van der Waals surface area contributed by atoms with Crippen LogP contribution in [0.4, 0.5) is 0 Å². The molecule has 3 heterocycles. The van der Waals surface area contributed by atoms with Crippen LogP contribution < -0.4 is 0 Å². The molecule has 0 saturated carbocycles. The van der Waals surface area contributed by atoms with Gasteiger partial charge < -0.3 is 4.90 Å². The Bertz CT molecular complexity index is 646. The first kappa shape index (κ1) is 14.3. The summed E-state index contributed by atoms with van der Waals surface area (Å²) in [4.78, 5) is 14.3. The van der Waals surface area contributed by atoms with Crippen molar-refractivity contribution in [2.45, 2.75) is 18.8 Å². The molecule has 1 aliphatic heterocycles. The van der Waals surface area contributed by atoms with Gasteiger partial charge in [-0.3, -0.25) is 9.89 Å². The molecular weight excluding hydrogens is 313 g/mol. The van der Waals surface area contributed by atoms with Crippen molar-refractivity contribution in [3.8, 4) is 0 Å². The van der Waals surface area contributed by atoms with Crippen LogP contribution in [0.15, 0.2) is 18.3 Å². The summed E-state index contributed by atoms with van der Waals surface area (Å²) in [6.07, 6.45) is 3.67. The molecule has 6 nitrogen and oxygen atoms in total. The zero-order valence-electron chi connectivity index (χ0n) is 11.1. The number of halogens is 2. The minimum absolute atomic E-state index is 0.0769. The molecular formula is C13H13Cl2N5O. The zero-order valence-corrected chi connectivity index (χ0v) is 12.6. The van der Waals surface area contributed by atoms with Gasteiger partial charge in [0, 0.05) is 30.9 Å². The van der Waals surface area contributed by atoms with Crippen LogP contribution in [0.5, 0.6) is 0 Å². The highest BCUT2D eigenvalue weighted by Crippen LogP contribution is 2.27. The second-order valence-corrected chi connectivity index (χ2v) is 5.72. The lowest BCUT2D eigenvalue weighted by Gasteiger charge is -2.32. The molecule has 0 radical (unpaired) electrons. The van der Waals surface area contributed by atoms with Gasteiger partial charge in [-0.15, -0.1) is 10.2 Å². The third kappa shape index (κ3) is 3.01. The molecule has 1 saturated heterocycles. The molecule has 1 aliphatic rings. The predicted molar refractivity (Wildman–Crippen MR) is 78.5 cm³/mol. The molecule has 0 aliphatic carbocycles. The van der Waals surface area contributed by atoms with Gasteiger partial charge in [0.15, 0.2) is 10.3 Å². The summed E-state index contributed by atoms with van der Waals surface area (Å²) in [5.74, 6) is 0.0928. The first-order valence-corrected chi connectivity index (χ1v) is 7.38. The molecule has 1 atom stereocenters. The number of piperidine rings is 1. The van der Waals surface area contributed by atoms with E-state index in [4.69, 9.17) is 23.2 Å². The third-order valence-electron chi connectivity index (χ3n) is 3.62. The lowest BCUT2D eigenvalue weighted by atomic mass is 9.94. The van der Waals surface area contributed by atoms with E-state index in [1.807, 2.05) is 6.07 Å². The molecule has 1 fully saturated rings. The van der Waals surface area contributed by atoms with Crippen LogP contribution in [0, 0.1) is 0 Å². The molecule has 2 aromatic heterocycles. The molecule has 0 bridgehead atoms. The Morgan fingerprint density at radius 2 is 2.24 bits per heavy atom. The van der Waals surface area contributed by atoms with Crippen molar-refractivity contribution in [3.63, 3.8) is 0 Å². The van der Waals surface area contributed by atoms with Crippen LogP contribution in [0.3, 0.4) is 0 Å². The summed E-state index contributed by atoms with van der Waals surface area (Å²) in [7, 11) is 0. The second-order valence-electron chi connectivity index (χ2n) is 4.97. The van der Waals surface area contributed by atoms with E-state index in [-0.39, 0.29) is 22.1 Å². The maximum absolute atomic E-state index is 12.6. The standard InChI is InChI=1S/C13H13Cl2N5O/c14-11-6-9(12(15)19-18-11)13(21)20-5-1-2-8(7-20)10-3-4-16-17-10/h3-4,6,8H,1-2,5,7H2,(H,16,17). The minimum atomic E-state index is -0.166. The van der Waals surface area contributed by atoms with E-state index in [0.29, 0.717) is 18.7 Å². The molecule has 8 heteroatoms. The van der Waals surface area contributed by atoms with Crippen LogP contribution in [-0.2, 0) is 0 Å². The van der Waals surface area contributed by atoms with Crippen molar-refractivity contribution in [1.29, 1.82) is 0 Å². The monoisotopic (exact) mass is 325 g/mol. The molecule has 3 rings (SSSR count). The summed E-state index contributed by atoms with van der Waals surface area (Å²) in [6, 6.07) is 3.40. The Hall–Kier alpha value is -1.66. The molecule has 1 amide bonds. The SMILES string of the molecule is O=C(c1cc(Cl)nnc1Cl)N1CCCC(c2ccn[nH]2)C1. The summed E-state index contributed by atoms with van der Waals surface area (Å²) in [6.45, 7) is 1.32. The topological polar surface area (TPSA) is 74.8 Å². The highest BCUT2D eigenvalue weighted by molar-refractivity contribution is 6.34. The smallest absolute Gasteiger partial charge is 0.257 e. The summed E-state index contributed by atoms with van der Waals surface area (Å²) >= 11 is 11.7. The lowest BCUT2D eigenvalue weighted by molar-refractivity contribution is 0.0705. The average molecular weight is 326 g/mol. The highest BCUT2D eigenvalue weighted by Gasteiger charge is 2.27. The summed E-state index contributed by atoms with van der Waals surface area (Å²) in [5, 5.41) is 14.5. The number of nitrogens with one attached hydrogen (secondary N) is 1. The van der Waals surface area contributed by atoms with E-state index in [9.17, 15) is 4.79 Å². The second kappa shape index (κ2) is 5.99. The maximum atomic E-state index is 12.6. The Labute approximate surface area is 131 Å². The number of aromatic amines is 1. The number of likely N-dealkylation sites (tertiary alicyclic amines) is 1. The Balaban J connectivity index is 1.79. The van der Waals surface area contributed by atoms with Crippen molar-refractivity contribution >= 4 is 29.1 Å². The van der Waals surface area contributed by atoms with Crippen molar-refractivity contribution < 1.29 is 4.79 Å². The third-order valence-corrected chi connectivity index (χ3v) is 4.08. The number of amides is 1. The van der Waals surface area contributed by atoms with Gasteiger partial charge in [-0.05, 0) is 25.0 Å². The van der Waals surface area contributed by atoms with Crippen LogP contribution in [-0.4, -0.2) is 44.3 Å². The minimum Gasteiger partial charge on any atom is -0.338 e. The number of nitrogens with zero attached hydrogens (tertiary/aromatic N) is 4. The molecule has 1 N–H and O–H groups in total. The van der Waals surface area contributed by atoms with Crippen molar-refractivity contribution in [2.24, 2.45) is 0 Å². The predicted octanol–water partition coefficient (Wildman–Crippen LogP) is 2.53. The largest absolute Gasteiger partial charge is 0.338 e. The van der Waals surface area contributed by atoms with Crippen LogP contribution >= 0.6 is 23.2 Å². The molecule has 110 valence electrons. The van der Waals surface area contributed by atoms with Crippen LogP contribution in [0.2, 0.25) is 10.3 Å². The first-order valence-electron chi connectivity index (χ1n) is 6.62. The number of carbonyl (C=O) groups is 1. The normalized spacial score (nSPS) is 18.8. The number of H-pyrrole nitrogens is 1. The molecule has 0 spiro atoms. The quantitative estimate of drug-likeness (QED) is 0.920. The fourth-order valence-electron chi connectivity index (χ4n) is 2.58. The van der Waals surface area contributed by atoms with Crippen LogP contribution in [0.1, 0.15) is 34.8 Å². The lowest BCUT2D eigenvalue weighted by Crippen LogP contribution is -2.39. The Kier molecular flexibility index (Phi) is 4.07. The Morgan fingerprint density at radius 1 is 1.38 bits per heavy atom. The van der Waals surface area contributed by atoms with Gasteiger partial charge in [0.05, 0.1) is 5.56 Å². The molecule has 21 heavy (non-hydrogen) atoms. The van der Waals surface area contributed by atoms with E-state index in [1.165, 1.54) is 6.07 Å². The number of hydrogen-bond donors (Lipinski definition) is 1. The van der Waals surface area contributed by atoms with Gasteiger partial charge in [-0.25, -0.2) is 0 Å². The molecule has 2 aromatic rings. The van der Waals surface area contributed by atoms with Gasteiger partial charge in [-0.1, -0.05) is 23.2 Å². The van der Waals surface area contributed by atoms with Gasteiger partial charge in [0.2, 0.25) is 0 Å². The molecule has 0 aromatic carbocycles. The number of carbonyl (C=O) groups excluding carboxylic acids is 1. The van der Waals surface area contributed by atoms with E-state index < -0.39 is 0 Å². The summed E-state index contributed by atoms with van der Waals surface area (Å²) in [5.41, 5.74) is 1.34. The van der Waals surface area contributed by atoms with Gasteiger partial charge in [0.25, 0.3) is 5.91 Å². The Morgan fingerprint density at radius 3 is 3.00 bits per heavy atom. The number of hydrogen-bond acceptors (Lipinski definition) is 4. The first-order chi connectivity index (χ1) is 10.1. The fourth-order valence-corrected chi connectivity index (χ4v) is 2.90. The maximum Gasteiger partial charge on any atom is 0.257 e. The number of aromatic nitrogens is 4. The van der Waals surface area contributed by atoms with Crippen molar-refractivity contribution in [2.75, 3.05) is 13.1 Å². The van der Waals surface area contributed by atoms with Gasteiger partial charge >= 0.3 is 0 Å².